The number of hydrogen-bond acceptors (Lipinski definition) is 3. The maximum Gasteiger partial charge on any atom is 0.231 e. The van der Waals surface area contributed by atoms with Crippen LogP contribution in [0.3, 0.4) is 0 Å². The average molecular weight is 277 g/mol. The molecule has 1 saturated carbocycles. The Balaban J connectivity index is 2.20. The van der Waals surface area contributed by atoms with E-state index in [1.807, 2.05) is 24.3 Å². The minimum atomic E-state index is -0.450. The maximum atomic E-state index is 12.5. The molecule has 4 heteroatoms. The molecular weight excluding hydrogens is 254 g/mol. The van der Waals surface area contributed by atoms with E-state index in [0.29, 0.717) is 13.0 Å². The highest BCUT2D eigenvalue weighted by atomic mass is 16.5. The first-order valence-electron chi connectivity index (χ1n) is 7.01. The van der Waals surface area contributed by atoms with E-state index in [1.54, 1.807) is 7.11 Å². The first kappa shape index (κ1) is 14.9. The van der Waals surface area contributed by atoms with E-state index in [2.05, 4.69) is 19.2 Å². The Bertz CT molecular complexity index is 481. The predicted octanol–water partition coefficient (Wildman–Crippen LogP) is 1.86. The summed E-state index contributed by atoms with van der Waals surface area (Å²) in [5, 5.41) is 11.7. The van der Waals surface area contributed by atoms with Crippen LogP contribution in [0, 0.1) is 5.41 Å². The van der Waals surface area contributed by atoms with Gasteiger partial charge in [0.05, 0.1) is 12.5 Å². The fraction of sp³-hybridized carbons (Fsp3) is 0.562. The molecule has 4 nitrogen and oxygen atoms in total. The molecule has 1 atom stereocenters. The fourth-order valence-corrected chi connectivity index (χ4v) is 2.94. The van der Waals surface area contributed by atoms with E-state index >= 15 is 0 Å². The minimum absolute atomic E-state index is 0.0368. The molecule has 0 spiro atoms. The second kappa shape index (κ2) is 5.44. The van der Waals surface area contributed by atoms with Gasteiger partial charge < -0.3 is 15.2 Å². The third-order valence-corrected chi connectivity index (χ3v) is 4.33. The molecule has 0 aromatic heterocycles. The molecule has 0 heterocycles. The van der Waals surface area contributed by atoms with Gasteiger partial charge in [-0.15, -0.1) is 0 Å². The second-order valence-corrected chi connectivity index (χ2v) is 6.03. The third-order valence-electron chi connectivity index (χ3n) is 4.33. The van der Waals surface area contributed by atoms with Gasteiger partial charge in [-0.1, -0.05) is 26.0 Å². The van der Waals surface area contributed by atoms with Crippen LogP contribution in [-0.2, 0) is 10.2 Å². The van der Waals surface area contributed by atoms with Gasteiger partial charge in [-0.05, 0) is 36.0 Å². The van der Waals surface area contributed by atoms with Crippen LogP contribution < -0.4 is 10.1 Å². The number of carbonyl (C=O) groups is 1. The molecule has 0 unspecified atom stereocenters. The molecule has 110 valence electrons. The molecule has 2 N–H and O–H groups in total. The van der Waals surface area contributed by atoms with E-state index < -0.39 is 5.41 Å². The molecule has 0 bridgehead atoms. The van der Waals surface area contributed by atoms with Gasteiger partial charge in [-0.2, -0.15) is 0 Å². The van der Waals surface area contributed by atoms with Crippen molar-refractivity contribution >= 4 is 5.91 Å². The number of ether oxygens (including phenoxy) is 1. The Labute approximate surface area is 120 Å². The molecule has 1 amide bonds. The predicted molar refractivity (Wildman–Crippen MR) is 77.8 cm³/mol. The summed E-state index contributed by atoms with van der Waals surface area (Å²) in [7, 11) is 1.63. The summed E-state index contributed by atoms with van der Waals surface area (Å²) < 4.78 is 5.17. The fourth-order valence-electron chi connectivity index (χ4n) is 2.94. The second-order valence-electron chi connectivity index (χ2n) is 6.03. The van der Waals surface area contributed by atoms with E-state index in [0.717, 1.165) is 17.7 Å². The first-order chi connectivity index (χ1) is 9.48. The lowest BCUT2D eigenvalue weighted by atomic mass is 9.87. The zero-order valence-electron chi connectivity index (χ0n) is 12.4. The number of methoxy groups -OCH3 is 1. The topological polar surface area (TPSA) is 58.6 Å². The molecule has 2 rings (SSSR count). The van der Waals surface area contributed by atoms with Crippen LogP contribution in [-0.4, -0.2) is 31.3 Å². The van der Waals surface area contributed by atoms with Gasteiger partial charge >= 0.3 is 0 Å². The largest absolute Gasteiger partial charge is 0.497 e. The molecule has 1 aliphatic carbocycles. The van der Waals surface area contributed by atoms with Crippen LogP contribution in [0.15, 0.2) is 24.3 Å². The SMILES string of the molecule is COc1ccc([C@@]2(C(=O)NCCCO)CC2(C)C)cc1. The normalized spacial score (nSPS) is 23.2. The number of benzene rings is 1. The standard InChI is InChI=1S/C16H23NO3/c1-15(2)11-16(15,14(19)17-9-4-10-18)12-5-7-13(20-3)8-6-12/h5-8,18H,4,9-11H2,1-3H3,(H,17,19)/t16-/m1/s1. The van der Waals surface area contributed by atoms with Gasteiger partial charge in [0.15, 0.2) is 0 Å². The van der Waals surface area contributed by atoms with Gasteiger partial charge in [-0.3, -0.25) is 4.79 Å². The van der Waals surface area contributed by atoms with Crippen molar-refractivity contribution < 1.29 is 14.6 Å². The van der Waals surface area contributed by atoms with E-state index in [-0.39, 0.29) is 17.9 Å². The summed E-state index contributed by atoms with van der Waals surface area (Å²) in [6, 6.07) is 7.73. The van der Waals surface area contributed by atoms with Crippen LogP contribution >= 0.6 is 0 Å². The van der Waals surface area contributed by atoms with E-state index in [4.69, 9.17) is 9.84 Å². The summed E-state index contributed by atoms with van der Waals surface area (Å²) in [6.45, 7) is 4.84. The van der Waals surface area contributed by atoms with Crippen LogP contribution in [0.5, 0.6) is 5.75 Å². The number of aliphatic hydroxyl groups is 1. The Morgan fingerprint density at radius 1 is 1.35 bits per heavy atom. The summed E-state index contributed by atoms with van der Waals surface area (Å²) in [5.41, 5.74) is 0.546. The number of hydrogen-bond donors (Lipinski definition) is 2. The molecule has 0 radical (unpaired) electrons. The maximum absolute atomic E-state index is 12.5. The van der Waals surface area contributed by atoms with Crippen molar-refractivity contribution in [3.8, 4) is 5.75 Å². The van der Waals surface area contributed by atoms with E-state index in [9.17, 15) is 4.79 Å². The van der Waals surface area contributed by atoms with Crippen molar-refractivity contribution in [3.63, 3.8) is 0 Å². The number of amides is 1. The Hall–Kier alpha value is -1.55. The number of carbonyl (C=O) groups excluding carboxylic acids is 1. The molecule has 1 aromatic carbocycles. The van der Waals surface area contributed by atoms with Gasteiger partial charge in [0.25, 0.3) is 0 Å². The highest BCUT2D eigenvalue weighted by Crippen LogP contribution is 2.64. The number of rotatable bonds is 6. The summed E-state index contributed by atoms with van der Waals surface area (Å²) in [6.07, 6.45) is 1.43. The molecule has 1 fully saturated rings. The summed E-state index contributed by atoms with van der Waals surface area (Å²) >= 11 is 0. The Morgan fingerprint density at radius 2 is 1.95 bits per heavy atom. The van der Waals surface area contributed by atoms with Crippen LogP contribution in [0.1, 0.15) is 32.3 Å². The Kier molecular flexibility index (Phi) is 4.04. The molecule has 1 aliphatic rings. The average Bonchev–Trinajstić information content (AvgIpc) is 3.03. The first-order valence-corrected chi connectivity index (χ1v) is 7.01. The van der Waals surface area contributed by atoms with Crippen molar-refractivity contribution in [2.45, 2.75) is 32.1 Å². The monoisotopic (exact) mass is 277 g/mol. The van der Waals surface area contributed by atoms with Crippen molar-refractivity contribution in [3.05, 3.63) is 29.8 Å². The highest BCUT2D eigenvalue weighted by Gasteiger charge is 2.66. The van der Waals surface area contributed by atoms with Gasteiger partial charge in [0.2, 0.25) is 5.91 Å². The van der Waals surface area contributed by atoms with Crippen molar-refractivity contribution in [2.24, 2.45) is 5.41 Å². The molecule has 0 saturated heterocycles. The van der Waals surface area contributed by atoms with Crippen LogP contribution in [0.25, 0.3) is 0 Å². The zero-order valence-corrected chi connectivity index (χ0v) is 12.4. The molecule has 0 aliphatic heterocycles. The van der Waals surface area contributed by atoms with Crippen molar-refractivity contribution in [2.75, 3.05) is 20.3 Å². The molecule has 1 aromatic rings. The van der Waals surface area contributed by atoms with E-state index in [1.165, 1.54) is 0 Å². The highest BCUT2D eigenvalue weighted by molar-refractivity contribution is 5.93. The van der Waals surface area contributed by atoms with Crippen molar-refractivity contribution in [1.82, 2.24) is 5.32 Å². The van der Waals surface area contributed by atoms with Crippen molar-refractivity contribution in [1.29, 1.82) is 0 Å². The smallest absolute Gasteiger partial charge is 0.231 e. The lowest BCUT2D eigenvalue weighted by Gasteiger charge is -2.21. The lowest BCUT2D eigenvalue weighted by Crippen LogP contribution is -2.38. The molecule has 20 heavy (non-hydrogen) atoms. The van der Waals surface area contributed by atoms with Crippen LogP contribution in [0.4, 0.5) is 0 Å². The third kappa shape index (κ3) is 2.40. The zero-order chi connectivity index (χ0) is 14.8. The van der Waals surface area contributed by atoms with Gasteiger partial charge in [0.1, 0.15) is 5.75 Å². The quantitative estimate of drug-likeness (QED) is 0.780. The summed E-state index contributed by atoms with van der Waals surface area (Å²) in [5.74, 6) is 0.851. The number of nitrogens with one attached hydrogen (secondary N) is 1. The molecular formula is C16H23NO3. The minimum Gasteiger partial charge on any atom is -0.497 e. The van der Waals surface area contributed by atoms with Crippen LogP contribution in [0.2, 0.25) is 0 Å². The summed E-state index contributed by atoms with van der Waals surface area (Å²) in [4.78, 5) is 12.5. The number of aliphatic hydroxyl groups excluding tert-OH is 1. The Morgan fingerprint density at radius 3 is 2.40 bits per heavy atom. The van der Waals surface area contributed by atoms with Gasteiger partial charge in [0, 0.05) is 13.2 Å². The van der Waals surface area contributed by atoms with Gasteiger partial charge in [-0.25, -0.2) is 0 Å². The lowest BCUT2D eigenvalue weighted by molar-refractivity contribution is -0.124.